The number of rotatable bonds is 3. The van der Waals surface area contributed by atoms with Gasteiger partial charge in [-0.1, -0.05) is 13.8 Å². The molecule has 0 radical (unpaired) electrons. The number of aliphatic hydroxyl groups is 1. The summed E-state index contributed by atoms with van der Waals surface area (Å²) in [6, 6.07) is 0.379. The van der Waals surface area contributed by atoms with Gasteiger partial charge in [-0.15, -0.1) is 0 Å². The van der Waals surface area contributed by atoms with Crippen LogP contribution in [0.2, 0.25) is 0 Å². The van der Waals surface area contributed by atoms with Crippen LogP contribution in [0, 0.1) is 11.3 Å². The average Bonchev–Trinajstić information content (AvgIpc) is 2.55. The predicted molar refractivity (Wildman–Crippen MR) is 69.0 cm³/mol. The Labute approximate surface area is 105 Å². The van der Waals surface area contributed by atoms with Crippen LogP contribution in [-0.4, -0.2) is 49.0 Å². The Morgan fingerprint density at radius 1 is 1.35 bits per heavy atom. The molecular formula is C14H27NO2. The maximum absolute atomic E-state index is 10.4. The van der Waals surface area contributed by atoms with Crippen molar-refractivity contribution in [3.05, 3.63) is 0 Å². The Hall–Kier alpha value is -0.120. The number of aliphatic hydroxyl groups excluding tert-OH is 1. The average molecular weight is 241 g/mol. The van der Waals surface area contributed by atoms with Gasteiger partial charge in [0.1, 0.15) is 0 Å². The van der Waals surface area contributed by atoms with E-state index in [4.69, 9.17) is 4.74 Å². The van der Waals surface area contributed by atoms with Crippen LogP contribution >= 0.6 is 0 Å². The van der Waals surface area contributed by atoms with Crippen molar-refractivity contribution in [2.45, 2.75) is 51.7 Å². The Morgan fingerprint density at radius 2 is 2.12 bits per heavy atom. The van der Waals surface area contributed by atoms with Crippen molar-refractivity contribution in [1.29, 1.82) is 0 Å². The van der Waals surface area contributed by atoms with Crippen molar-refractivity contribution in [2.75, 3.05) is 26.8 Å². The standard InChI is InChI=1S/C14H27NO2/c1-14(2)7-6-12(13(14)16)15-8-4-5-11(9-15)10-17-3/h11-13,16H,4-10H2,1-3H3. The van der Waals surface area contributed by atoms with E-state index >= 15 is 0 Å². The molecule has 2 aliphatic rings. The van der Waals surface area contributed by atoms with Gasteiger partial charge in [-0.25, -0.2) is 0 Å². The largest absolute Gasteiger partial charge is 0.391 e. The molecule has 2 fully saturated rings. The SMILES string of the molecule is COCC1CCCN(C2CCC(C)(C)C2O)C1. The molecule has 1 heterocycles. The first kappa shape index (κ1) is 13.3. The zero-order valence-electron chi connectivity index (χ0n) is 11.5. The highest BCUT2D eigenvalue weighted by atomic mass is 16.5. The third kappa shape index (κ3) is 2.83. The van der Waals surface area contributed by atoms with E-state index < -0.39 is 0 Å². The van der Waals surface area contributed by atoms with Crippen molar-refractivity contribution in [3.8, 4) is 0 Å². The maximum Gasteiger partial charge on any atom is 0.0746 e. The third-order valence-electron chi connectivity index (χ3n) is 4.67. The Bertz CT molecular complexity index is 253. The first-order valence-electron chi connectivity index (χ1n) is 6.95. The third-order valence-corrected chi connectivity index (χ3v) is 4.67. The summed E-state index contributed by atoms with van der Waals surface area (Å²) in [5.41, 5.74) is 0.0961. The highest BCUT2D eigenvalue weighted by Crippen LogP contribution is 2.40. The number of nitrogens with zero attached hydrogens (tertiary/aromatic N) is 1. The van der Waals surface area contributed by atoms with Gasteiger partial charge in [0.25, 0.3) is 0 Å². The fourth-order valence-electron chi connectivity index (χ4n) is 3.50. The van der Waals surface area contributed by atoms with E-state index in [-0.39, 0.29) is 11.5 Å². The van der Waals surface area contributed by atoms with Crippen LogP contribution in [0.4, 0.5) is 0 Å². The van der Waals surface area contributed by atoms with E-state index in [2.05, 4.69) is 18.7 Å². The minimum absolute atomic E-state index is 0.0961. The topological polar surface area (TPSA) is 32.7 Å². The van der Waals surface area contributed by atoms with Crippen LogP contribution in [0.3, 0.4) is 0 Å². The van der Waals surface area contributed by atoms with E-state index in [1.54, 1.807) is 7.11 Å². The summed E-state index contributed by atoms with van der Waals surface area (Å²) in [4.78, 5) is 2.51. The van der Waals surface area contributed by atoms with E-state index in [0.29, 0.717) is 12.0 Å². The number of piperidine rings is 1. The minimum Gasteiger partial charge on any atom is -0.391 e. The summed E-state index contributed by atoms with van der Waals surface area (Å²) >= 11 is 0. The molecule has 0 aromatic rings. The van der Waals surface area contributed by atoms with Crippen LogP contribution in [-0.2, 0) is 4.74 Å². The fourth-order valence-corrected chi connectivity index (χ4v) is 3.50. The lowest BCUT2D eigenvalue weighted by Gasteiger charge is -2.39. The molecule has 3 unspecified atom stereocenters. The van der Waals surface area contributed by atoms with Crippen LogP contribution in [0.1, 0.15) is 39.5 Å². The highest BCUT2D eigenvalue weighted by Gasteiger charge is 2.44. The van der Waals surface area contributed by atoms with Crippen LogP contribution in [0.5, 0.6) is 0 Å². The zero-order chi connectivity index (χ0) is 12.5. The van der Waals surface area contributed by atoms with Gasteiger partial charge in [-0.3, -0.25) is 4.90 Å². The van der Waals surface area contributed by atoms with Gasteiger partial charge in [-0.2, -0.15) is 0 Å². The first-order chi connectivity index (χ1) is 8.04. The minimum atomic E-state index is -0.163. The number of likely N-dealkylation sites (tertiary alicyclic amines) is 1. The smallest absolute Gasteiger partial charge is 0.0746 e. The molecule has 1 aliphatic heterocycles. The fraction of sp³-hybridized carbons (Fsp3) is 1.00. The number of ether oxygens (including phenoxy) is 1. The lowest BCUT2D eigenvalue weighted by atomic mass is 9.88. The Kier molecular flexibility index (Phi) is 4.11. The molecule has 1 saturated heterocycles. The summed E-state index contributed by atoms with van der Waals surface area (Å²) < 4.78 is 5.27. The molecule has 1 saturated carbocycles. The Morgan fingerprint density at radius 3 is 2.71 bits per heavy atom. The highest BCUT2D eigenvalue weighted by molar-refractivity contribution is 4.97. The number of hydrogen-bond donors (Lipinski definition) is 1. The second kappa shape index (κ2) is 5.25. The molecule has 1 aliphatic carbocycles. The van der Waals surface area contributed by atoms with E-state index in [9.17, 15) is 5.11 Å². The first-order valence-corrected chi connectivity index (χ1v) is 6.95. The molecule has 0 aromatic carbocycles. The number of methoxy groups -OCH3 is 1. The van der Waals surface area contributed by atoms with Crippen LogP contribution in [0.25, 0.3) is 0 Å². The molecule has 3 atom stereocenters. The van der Waals surface area contributed by atoms with Crippen molar-refractivity contribution in [1.82, 2.24) is 4.90 Å². The molecule has 17 heavy (non-hydrogen) atoms. The molecule has 0 amide bonds. The monoisotopic (exact) mass is 241 g/mol. The predicted octanol–water partition coefficient (Wildman–Crippen LogP) is 1.89. The molecule has 0 aromatic heterocycles. The van der Waals surface area contributed by atoms with Gasteiger partial charge in [0.15, 0.2) is 0 Å². The van der Waals surface area contributed by atoms with Gasteiger partial charge in [0.2, 0.25) is 0 Å². The molecule has 0 spiro atoms. The van der Waals surface area contributed by atoms with Crippen molar-refractivity contribution >= 4 is 0 Å². The van der Waals surface area contributed by atoms with Crippen LogP contribution < -0.4 is 0 Å². The van der Waals surface area contributed by atoms with Gasteiger partial charge >= 0.3 is 0 Å². The number of hydrogen-bond acceptors (Lipinski definition) is 3. The van der Waals surface area contributed by atoms with E-state index in [0.717, 1.165) is 32.5 Å². The molecule has 2 rings (SSSR count). The van der Waals surface area contributed by atoms with Gasteiger partial charge in [-0.05, 0) is 43.6 Å². The maximum atomic E-state index is 10.4. The molecule has 1 N–H and O–H groups in total. The summed E-state index contributed by atoms with van der Waals surface area (Å²) in [6.45, 7) is 7.49. The van der Waals surface area contributed by atoms with Crippen molar-refractivity contribution in [3.63, 3.8) is 0 Å². The Balaban J connectivity index is 1.94. The van der Waals surface area contributed by atoms with Crippen LogP contribution in [0.15, 0.2) is 0 Å². The molecule has 100 valence electrons. The summed E-state index contributed by atoms with van der Waals surface area (Å²) in [7, 11) is 1.78. The summed E-state index contributed by atoms with van der Waals surface area (Å²) in [6.07, 6.45) is 4.65. The van der Waals surface area contributed by atoms with Gasteiger partial charge < -0.3 is 9.84 Å². The van der Waals surface area contributed by atoms with Crippen molar-refractivity contribution < 1.29 is 9.84 Å². The zero-order valence-corrected chi connectivity index (χ0v) is 11.5. The normalized spacial score (nSPS) is 38.5. The van der Waals surface area contributed by atoms with Gasteiger partial charge in [0, 0.05) is 19.7 Å². The van der Waals surface area contributed by atoms with Crippen molar-refractivity contribution in [2.24, 2.45) is 11.3 Å². The van der Waals surface area contributed by atoms with E-state index in [1.165, 1.54) is 12.8 Å². The lowest BCUT2D eigenvalue weighted by Crippen LogP contribution is -2.49. The molecular weight excluding hydrogens is 214 g/mol. The lowest BCUT2D eigenvalue weighted by molar-refractivity contribution is -0.00838. The van der Waals surface area contributed by atoms with E-state index in [1.807, 2.05) is 0 Å². The quantitative estimate of drug-likeness (QED) is 0.819. The molecule has 3 heteroatoms. The van der Waals surface area contributed by atoms with Gasteiger partial charge in [0.05, 0.1) is 12.7 Å². The summed E-state index contributed by atoms with van der Waals surface area (Å²) in [5, 5.41) is 10.4. The second-order valence-corrected chi connectivity index (χ2v) is 6.50. The molecule has 3 nitrogen and oxygen atoms in total. The second-order valence-electron chi connectivity index (χ2n) is 6.50. The molecule has 0 bridgehead atoms. The summed E-state index contributed by atoms with van der Waals surface area (Å²) in [5.74, 6) is 0.657.